The van der Waals surface area contributed by atoms with Crippen LogP contribution in [-0.2, 0) is 9.59 Å². The monoisotopic (exact) mass is 381 g/mol. The molecule has 0 radical (unpaired) electrons. The highest BCUT2D eigenvalue weighted by Crippen LogP contribution is 2.21. The molecule has 1 heterocycles. The molecule has 3 N–H and O–H groups in total. The normalized spacial score (nSPS) is 11.6. The fraction of sp³-hybridized carbons (Fsp3) is 0.143. The van der Waals surface area contributed by atoms with Gasteiger partial charge in [0.1, 0.15) is 11.6 Å². The Labute approximate surface area is 161 Å². The highest BCUT2D eigenvalue weighted by Gasteiger charge is 2.17. The van der Waals surface area contributed by atoms with Gasteiger partial charge in [0.25, 0.3) is 0 Å². The topological polar surface area (TPSA) is 83.4 Å². The van der Waals surface area contributed by atoms with Crippen molar-refractivity contribution >= 4 is 17.5 Å². The molecule has 0 aliphatic rings. The van der Waals surface area contributed by atoms with Crippen molar-refractivity contribution in [1.82, 2.24) is 10.6 Å². The van der Waals surface area contributed by atoms with Crippen LogP contribution in [0.4, 0.5) is 10.1 Å². The smallest absolute Gasteiger partial charge is 0.243 e. The molecule has 0 aliphatic carbocycles. The van der Waals surface area contributed by atoms with E-state index in [1.807, 2.05) is 36.4 Å². The van der Waals surface area contributed by atoms with Crippen LogP contribution in [0.25, 0.3) is 0 Å². The molecule has 0 aliphatic heterocycles. The molecule has 0 fully saturated rings. The lowest BCUT2D eigenvalue weighted by Gasteiger charge is -2.17. The van der Waals surface area contributed by atoms with Crippen molar-refractivity contribution in [3.05, 3.63) is 90.1 Å². The van der Waals surface area contributed by atoms with Crippen molar-refractivity contribution in [2.45, 2.75) is 6.04 Å². The molecule has 3 aromatic rings. The Morgan fingerprint density at radius 3 is 2.32 bits per heavy atom. The Kier molecular flexibility index (Phi) is 6.54. The number of carbonyl (C=O) groups is 2. The average Bonchev–Trinajstić information content (AvgIpc) is 3.24. The third-order valence-electron chi connectivity index (χ3n) is 4.00. The first-order chi connectivity index (χ1) is 13.6. The number of rotatable bonds is 8. The van der Waals surface area contributed by atoms with Crippen molar-refractivity contribution in [3.8, 4) is 0 Å². The first-order valence-electron chi connectivity index (χ1n) is 8.75. The van der Waals surface area contributed by atoms with Crippen LogP contribution in [0.2, 0.25) is 0 Å². The maximum atomic E-state index is 12.9. The molecule has 3 rings (SSSR count). The van der Waals surface area contributed by atoms with Gasteiger partial charge in [0.15, 0.2) is 0 Å². The minimum absolute atomic E-state index is 0.00406. The van der Waals surface area contributed by atoms with Crippen LogP contribution in [0, 0.1) is 5.82 Å². The predicted octanol–water partition coefficient (Wildman–Crippen LogP) is 2.85. The van der Waals surface area contributed by atoms with Gasteiger partial charge in [-0.25, -0.2) is 4.39 Å². The van der Waals surface area contributed by atoms with Crippen molar-refractivity contribution in [3.63, 3.8) is 0 Å². The number of halogens is 1. The van der Waals surface area contributed by atoms with E-state index in [1.54, 1.807) is 12.3 Å². The predicted molar refractivity (Wildman–Crippen MR) is 103 cm³/mol. The molecule has 144 valence electrons. The fourth-order valence-corrected chi connectivity index (χ4v) is 2.66. The molecule has 6 nitrogen and oxygen atoms in total. The second-order valence-corrected chi connectivity index (χ2v) is 6.07. The summed E-state index contributed by atoms with van der Waals surface area (Å²) in [6, 6.07) is 18.3. The molecular weight excluding hydrogens is 361 g/mol. The molecule has 1 aromatic heterocycles. The Bertz CT molecular complexity index is 896. The van der Waals surface area contributed by atoms with E-state index in [9.17, 15) is 14.0 Å². The number of hydrogen-bond acceptors (Lipinski definition) is 4. The zero-order valence-corrected chi connectivity index (χ0v) is 15.0. The lowest BCUT2D eigenvalue weighted by molar-refractivity contribution is -0.123. The van der Waals surface area contributed by atoms with Crippen LogP contribution >= 0.6 is 0 Å². The number of nitrogens with one attached hydrogen (secondary N) is 3. The van der Waals surface area contributed by atoms with Gasteiger partial charge in [-0.05, 0) is 42.0 Å². The third kappa shape index (κ3) is 5.52. The maximum Gasteiger partial charge on any atom is 0.243 e. The molecule has 0 unspecified atom stereocenters. The summed E-state index contributed by atoms with van der Waals surface area (Å²) in [7, 11) is 0. The fourth-order valence-electron chi connectivity index (χ4n) is 2.66. The molecule has 2 aromatic carbocycles. The summed E-state index contributed by atoms with van der Waals surface area (Å²) in [5.41, 5.74) is 1.42. The van der Waals surface area contributed by atoms with Crippen LogP contribution in [-0.4, -0.2) is 24.9 Å². The van der Waals surface area contributed by atoms with Crippen molar-refractivity contribution < 1.29 is 18.4 Å². The van der Waals surface area contributed by atoms with E-state index in [2.05, 4.69) is 16.0 Å². The van der Waals surface area contributed by atoms with Gasteiger partial charge < -0.3 is 15.1 Å². The third-order valence-corrected chi connectivity index (χ3v) is 4.00. The summed E-state index contributed by atoms with van der Waals surface area (Å²) in [4.78, 5) is 24.0. The Morgan fingerprint density at radius 1 is 0.893 bits per heavy atom. The van der Waals surface area contributed by atoms with Gasteiger partial charge in [0.2, 0.25) is 11.8 Å². The molecule has 0 spiro atoms. The molecular formula is C21H20FN3O3. The Balaban J connectivity index is 1.49. The Morgan fingerprint density at radius 2 is 1.64 bits per heavy atom. The zero-order chi connectivity index (χ0) is 19.8. The first kappa shape index (κ1) is 19.3. The van der Waals surface area contributed by atoms with Gasteiger partial charge in [-0.1, -0.05) is 30.3 Å². The highest BCUT2D eigenvalue weighted by atomic mass is 19.1. The van der Waals surface area contributed by atoms with Gasteiger partial charge in [-0.2, -0.15) is 0 Å². The summed E-state index contributed by atoms with van der Waals surface area (Å²) in [5, 5.41) is 8.27. The first-order valence-corrected chi connectivity index (χ1v) is 8.75. The molecule has 7 heteroatoms. The number of anilines is 1. The van der Waals surface area contributed by atoms with Crippen LogP contribution < -0.4 is 16.0 Å². The van der Waals surface area contributed by atoms with Gasteiger partial charge in [0, 0.05) is 5.69 Å². The SMILES string of the molecule is O=C(CN[C@@H](c1ccccc1)c1ccco1)NCC(=O)Nc1ccc(F)cc1. The van der Waals surface area contributed by atoms with E-state index in [4.69, 9.17) is 4.42 Å². The number of hydrogen-bond donors (Lipinski definition) is 3. The standard InChI is InChI=1S/C21H20FN3O3/c22-16-8-10-17(11-9-16)25-20(27)14-23-19(26)13-24-21(18-7-4-12-28-18)15-5-2-1-3-6-15/h1-12,21,24H,13-14H2,(H,23,26)(H,25,27)/t21-/m0/s1. The van der Waals surface area contributed by atoms with E-state index in [0.717, 1.165) is 5.56 Å². The minimum atomic E-state index is -0.398. The summed E-state index contributed by atoms with van der Waals surface area (Å²) in [6.07, 6.45) is 1.58. The molecule has 1 atom stereocenters. The van der Waals surface area contributed by atoms with E-state index in [0.29, 0.717) is 11.4 Å². The quantitative estimate of drug-likeness (QED) is 0.560. The maximum absolute atomic E-state index is 12.9. The molecule has 0 saturated carbocycles. The van der Waals surface area contributed by atoms with E-state index in [-0.39, 0.29) is 30.9 Å². The average molecular weight is 381 g/mol. The van der Waals surface area contributed by atoms with Gasteiger partial charge >= 0.3 is 0 Å². The number of amides is 2. The molecule has 2 amide bonds. The number of furan rings is 1. The summed E-state index contributed by atoms with van der Waals surface area (Å²) < 4.78 is 18.3. The van der Waals surface area contributed by atoms with E-state index < -0.39 is 5.91 Å². The summed E-state index contributed by atoms with van der Waals surface area (Å²) in [5.74, 6) is -0.428. The minimum Gasteiger partial charge on any atom is -0.467 e. The van der Waals surface area contributed by atoms with Gasteiger partial charge in [-0.15, -0.1) is 0 Å². The summed E-state index contributed by atoms with van der Waals surface area (Å²) >= 11 is 0. The molecule has 0 saturated heterocycles. The van der Waals surface area contributed by atoms with E-state index in [1.165, 1.54) is 24.3 Å². The number of carbonyl (C=O) groups excluding carboxylic acids is 2. The van der Waals surface area contributed by atoms with Crippen LogP contribution in [0.15, 0.2) is 77.4 Å². The largest absolute Gasteiger partial charge is 0.467 e. The highest BCUT2D eigenvalue weighted by molar-refractivity contribution is 5.94. The second-order valence-electron chi connectivity index (χ2n) is 6.07. The molecule has 28 heavy (non-hydrogen) atoms. The lowest BCUT2D eigenvalue weighted by Crippen LogP contribution is -2.39. The van der Waals surface area contributed by atoms with Crippen LogP contribution in [0.1, 0.15) is 17.4 Å². The zero-order valence-electron chi connectivity index (χ0n) is 15.0. The lowest BCUT2D eigenvalue weighted by atomic mass is 10.0. The van der Waals surface area contributed by atoms with Gasteiger partial charge in [-0.3, -0.25) is 14.9 Å². The Hall–Kier alpha value is -3.45. The van der Waals surface area contributed by atoms with Crippen molar-refractivity contribution in [2.75, 3.05) is 18.4 Å². The number of benzene rings is 2. The molecule has 0 bridgehead atoms. The van der Waals surface area contributed by atoms with Crippen LogP contribution in [0.5, 0.6) is 0 Å². The van der Waals surface area contributed by atoms with Crippen molar-refractivity contribution in [2.24, 2.45) is 0 Å². The van der Waals surface area contributed by atoms with Gasteiger partial charge in [0.05, 0.1) is 25.4 Å². The van der Waals surface area contributed by atoms with E-state index >= 15 is 0 Å². The van der Waals surface area contributed by atoms with Crippen molar-refractivity contribution in [1.29, 1.82) is 0 Å². The van der Waals surface area contributed by atoms with Crippen LogP contribution in [0.3, 0.4) is 0 Å². The second kappa shape index (κ2) is 9.48. The summed E-state index contributed by atoms with van der Waals surface area (Å²) in [6.45, 7) is -0.182.